The van der Waals surface area contributed by atoms with E-state index in [4.69, 9.17) is 5.73 Å². The second-order valence-electron chi connectivity index (χ2n) is 5.63. The van der Waals surface area contributed by atoms with Crippen molar-refractivity contribution >= 4 is 28.3 Å². The maximum atomic E-state index is 12.7. The van der Waals surface area contributed by atoms with Crippen LogP contribution < -0.4 is 10.6 Å². The molecule has 0 fully saturated rings. The van der Waals surface area contributed by atoms with E-state index in [1.807, 2.05) is 48.5 Å². The first kappa shape index (κ1) is 13.5. The van der Waals surface area contributed by atoms with Crippen molar-refractivity contribution in [3.63, 3.8) is 0 Å². The van der Waals surface area contributed by atoms with Crippen LogP contribution >= 0.6 is 0 Å². The van der Waals surface area contributed by atoms with Crippen molar-refractivity contribution < 1.29 is 9.59 Å². The molecule has 3 aromatic rings. The van der Waals surface area contributed by atoms with E-state index in [1.165, 1.54) is 0 Å². The number of hydrogen-bond donors (Lipinski definition) is 1. The van der Waals surface area contributed by atoms with Crippen LogP contribution in [0.3, 0.4) is 0 Å². The summed E-state index contributed by atoms with van der Waals surface area (Å²) < 4.78 is 0. The van der Waals surface area contributed by atoms with Crippen LogP contribution in [0.25, 0.3) is 10.8 Å². The number of carbonyl (C=O) groups excluding carboxylic acids is 2. The predicted octanol–water partition coefficient (Wildman–Crippen LogP) is 3.10. The first-order valence-electron chi connectivity index (χ1n) is 7.37. The Hall–Kier alpha value is -3.14. The van der Waals surface area contributed by atoms with E-state index in [9.17, 15) is 9.59 Å². The summed E-state index contributed by atoms with van der Waals surface area (Å²) in [4.78, 5) is 25.6. The number of hydrogen-bond acceptors (Lipinski definition) is 2. The van der Waals surface area contributed by atoms with Gasteiger partial charge in [-0.05, 0) is 35.2 Å². The normalized spacial score (nSPS) is 12.9. The Morgan fingerprint density at radius 1 is 0.957 bits per heavy atom. The van der Waals surface area contributed by atoms with Gasteiger partial charge in [-0.1, -0.05) is 36.4 Å². The number of anilines is 1. The zero-order valence-corrected chi connectivity index (χ0v) is 12.3. The molecule has 4 rings (SSSR count). The van der Waals surface area contributed by atoms with Crippen molar-refractivity contribution in [2.75, 3.05) is 4.90 Å². The number of primary amides is 1. The summed E-state index contributed by atoms with van der Waals surface area (Å²) in [5, 5.41) is 2.08. The average Bonchev–Trinajstić information content (AvgIpc) is 2.84. The third-order valence-electron chi connectivity index (χ3n) is 4.23. The lowest BCUT2D eigenvalue weighted by atomic mass is 10.1. The van der Waals surface area contributed by atoms with Crippen LogP contribution in [-0.4, -0.2) is 11.8 Å². The minimum atomic E-state index is -0.453. The monoisotopic (exact) mass is 302 g/mol. The predicted molar refractivity (Wildman–Crippen MR) is 89.4 cm³/mol. The van der Waals surface area contributed by atoms with Gasteiger partial charge in [0.1, 0.15) is 0 Å². The molecule has 0 unspecified atom stereocenters. The fourth-order valence-electron chi connectivity index (χ4n) is 3.09. The Balaban J connectivity index is 1.73. The largest absolute Gasteiger partial charge is 0.366 e. The molecule has 1 aliphatic heterocycles. The van der Waals surface area contributed by atoms with Crippen molar-refractivity contribution in [2.45, 2.75) is 6.54 Å². The number of amides is 2. The van der Waals surface area contributed by atoms with Crippen molar-refractivity contribution in [3.05, 3.63) is 77.4 Å². The highest BCUT2D eigenvalue weighted by molar-refractivity contribution is 6.24. The third-order valence-corrected chi connectivity index (χ3v) is 4.23. The first-order chi connectivity index (χ1) is 11.1. The van der Waals surface area contributed by atoms with Gasteiger partial charge in [0.2, 0.25) is 5.91 Å². The van der Waals surface area contributed by atoms with Crippen molar-refractivity contribution in [1.82, 2.24) is 0 Å². The van der Waals surface area contributed by atoms with E-state index < -0.39 is 5.91 Å². The highest BCUT2D eigenvalue weighted by Crippen LogP contribution is 2.37. The molecule has 0 aliphatic carbocycles. The van der Waals surface area contributed by atoms with Gasteiger partial charge in [-0.2, -0.15) is 0 Å². The van der Waals surface area contributed by atoms with Gasteiger partial charge in [-0.15, -0.1) is 0 Å². The molecule has 0 atom stereocenters. The first-order valence-corrected chi connectivity index (χ1v) is 7.37. The molecule has 23 heavy (non-hydrogen) atoms. The van der Waals surface area contributed by atoms with E-state index in [2.05, 4.69) is 0 Å². The molecular weight excluding hydrogens is 288 g/mol. The van der Waals surface area contributed by atoms with Crippen LogP contribution in [0.15, 0.2) is 60.7 Å². The Labute approximate surface area is 133 Å². The van der Waals surface area contributed by atoms with E-state index in [-0.39, 0.29) is 5.91 Å². The van der Waals surface area contributed by atoms with Gasteiger partial charge in [0, 0.05) is 16.5 Å². The summed E-state index contributed by atoms with van der Waals surface area (Å²) in [6.07, 6.45) is 0. The van der Waals surface area contributed by atoms with Crippen LogP contribution in [0.4, 0.5) is 5.69 Å². The second kappa shape index (κ2) is 4.95. The molecule has 4 nitrogen and oxygen atoms in total. The minimum absolute atomic E-state index is 0.00998. The van der Waals surface area contributed by atoms with E-state index >= 15 is 0 Å². The fraction of sp³-hybridized carbons (Fsp3) is 0.0526. The molecule has 0 radical (unpaired) electrons. The summed E-state index contributed by atoms with van der Waals surface area (Å²) >= 11 is 0. The number of rotatable bonds is 3. The SMILES string of the molecule is NC(=O)c1ccc(CN2C(=O)c3cccc4cccc2c34)cc1. The zero-order chi connectivity index (χ0) is 16.0. The average molecular weight is 302 g/mol. The van der Waals surface area contributed by atoms with Crippen molar-refractivity contribution in [1.29, 1.82) is 0 Å². The highest BCUT2D eigenvalue weighted by atomic mass is 16.2. The molecule has 1 heterocycles. The summed E-state index contributed by atoms with van der Waals surface area (Å²) in [6.45, 7) is 0.464. The summed E-state index contributed by atoms with van der Waals surface area (Å²) in [5.41, 5.74) is 8.35. The van der Waals surface area contributed by atoms with Gasteiger partial charge in [0.05, 0.1) is 12.2 Å². The van der Waals surface area contributed by atoms with Crippen LogP contribution in [0.5, 0.6) is 0 Å². The standard InChI is InChI=1S/C19H14N2O2/c20-18(22)14-9-7-12(8-10-14)11-21-16-6-2-4-13-3-1-5-15(17(13)16)19(21)23/h1-10H,11H2,(H2,20,22). The lowest BCUT2D eigenvalue weighted by Crippen LogP contribution is -2.26. The van der Waals surface area contributed by atoms with Gasteiger partial charge < -0.3 is 10.6 Å². The lowest BCUT2D eigenvalue weighted by molar-refractivity contribution is 0.0986. The Morgan fingerprint density at radius 2 is 1.65 bits per heavy atom. The van der Waals surface area contributed by atoms with Crippen molar-refractivity contribution in [2.24, 2.45) is 5.73 Å². The maximum absolute atomic E-state index is 12.7. The zero-order valence-electron chi connectivity index (χ0n) is 12.3. The molecule has 4 heteroatoms. The van der Waals surface area contributed by atoms with Gasteiger partial charge in [0.15, 0.2) is 0 Å². The molecule has 2 amide bonds. The molecule has 0 saturated carbocycles. The minimum Gasteiger partial charge on any atom is -0.366 e. The second-order valence-corrected chi connectivity index (χ2v) is 5.63. The van der Waals surface area contributed by atoms with Crippen LogP contribution in [0.1, 0.15) is 26.3 Å². The molecule has 112 valence electrons. The third kappa shape index (κ3) is 2.07. The van der Waals surface area contributed by atoms with E-state index in [0.29, 0.717) is 12.1 Å². The van der Waals surface area contributed by atoms with Gasteiger partial charge >= 0.3 is 0 Å². The molecule has 0 spiro atoms. The quantitative estimate of drug-likeness (QED) is 0.808. The highest BCUT2D eigenvalue weighted by Gasteiger charge is 2.29. The van der Waals surface area contributed by atoms with Crippen LogP contribution in [0.2, 0.25) is 0 Å². The Morgan fingerprint density at radius 3 is 2.35 bits per heavy atom. The Bertz CT molecular complexity index is 940. The molecular formula is C19H14N2O2. The molecule has 0 aromatic heterocycles. The summed E-state index contributed by atoms with van der Waals surface area (Å²) in [7, 11) is 0. The molecule has 0 bridgehead atoms. The van der Waals surface area contributed by atoms with E-state index in [1.54, 1.807) is 17.0 Å². The molecule has 2 N–H and O–H groups in total. The fourth-order valence-corrected chi connectivity index (χ4v) is 3.09. The van der Waals surface area contributed by atoms with Gasteiger partial charge in [0.25, 0.3) is 5.91 Å². The number of nitrogens with two attached hydrogens (primary N) is 1. The summed E-state index contributed by atoms with van der Waals surface area (Å²) in [5.74, 6) is -0.443. The lowest BCUT2D eigenvalue weighted by Gasteiger charge is -2.18. The van der Waals surface area contributed by atoms with E-state index in [0.717, 1.165) is 27.6 Å². The van der Waals surface area contributed by atoms with Crippen molar-refractivity contribution in [3.8, 4) is 0 Å². The molecule has 1 aliphatic rings. The molecule has 3 aromatic carbocycles. The topological polar surface area (TPSA) is 63.4 Å². The van der Waals surface area contributed by atoms with Crippen LogP contribution in [-0.2, 0) is 6.54 Å². The summed E-state index contributed by atoms with van der Waals surface area (Å²) in [6, 6.07) is 18.8. The maximum Gasteiger partial charge on any atom is 0.259 e. The van der Waals surface area contributed by atoms with Gasteiger partial charge in [-0.25, -0.2) is 0 Å². The smallest absolute Gasteiger partial charge is 0.259 e. The number of carbonyl (C=O) groups is 2. The Kier molecular flexibility index (Phi) is 2.91. The van der Waals surface area contributed by atoms with Gasteiger partial charge in [-0.3, -0.25) is 9.59 Å². The van der Waals surface area contributed by atoms with Crippen LogP contribution in [0, 0.1) is 0 Å². The molecule has 0 saturated heterocycles. The number of benzene rings is 3. The number of nitrogens with zero attached hydrogens (tertiary/aromatic N) is 1.